The second-order valence-electron chi connectivity index (χ2n) is 9.30. The first kappa shape index (κ1) is 26.6. The highest BCUT2D eigenvalue weighted by Gasteiger charge is 2.29. The van der Waals surface area contributed by atoms with Gasteiger partial charge >= 0.3 is 0 Å². The van der Waals surface area contributed by atoms with Crippen LogP contribution in [0.2, 0.25) is 0 Å². The lowest BCUT2D eigenvalue weighted by Gasteiger charge is -2.26. The standard InChI is InChI=1S/C29H37N5O3/c1-3-32(4-2)29(36)23-37-26-20-31(19-25-13-10-17-34(25)27-14-8-9-16-30-27)22-28(35)33(21-26)18-15-24-11-6-5-7-12-24/h5-14,16-17,26H,3-4,15,18-23H2,1-2H3. The first-order valence-corrected chi connectivity index (χ1v) is 13.1. The summed E-state index contributed by atoms with van der Waals surface area (Å²) in [6.07, 6.45) is 4.27. The van der Waals surface area contributed by atoms with Gasteiger partial charge in [-0.15, -0.1) is 0 Å². The zero-order chi connectivity index (χ0) is 26.0. The molecule has 1 atom stereocenters. The zero-order valence-corrected chi connectivity index (χ0v) is 21.8. The Balaban J connectivity index is 1.48. The molecule has 3 heterocycles. The van der Waals surface area contributed by atoms with Crippen molar-refractivity contribution in [2.45, 2.75) is 32.9 Å². The van der Waals surface area contributed by atoms with Crippen LogP contribution in [0.1, 0.15) is 25.1 Å². The van der Waals surface area contributed by atoms with E-state index in [9.17, 15) is 9.59 Å². The van der Waals surface area contributed by atoms with Crippen molar-refractivity contribution < 1.29 is 14.3 Å². The van der Waals surface area contributed by atoms with Crippen LogP contribution in [0.25, 0.3) is 5.82 Å². The first-order chi connectivity index (χ1) is 18.1. The summed E-state index contributed by atoms with van der Waals surface area (Å²) < 4.78 is 8.20. The second-order valence-corrected chi connectivity index (χ2v) is 9.30. The van der Waals surface area contributed by atoms with Crippen molar-refractivity contribution in [2.24, 2.45) is 0 Å². The summed E-state index contributed by atoms with van der Waals surface area (Å²) in [5, 5.41) is 0. The maximum atomic E-state index is 13.3. The third-order valence-corrected chi connectivity index (χ3v) is 6.78. The van der Waals surface area contributed by atoms with Crippen molar-refractivity contribution in [3.63, 3.8) is 0 Å². The summed E-state index contributed by atoms with van der Waals surface area (Å²) in [6, 6.07) is 20.1. The number of carbonyl (C=O) groups is 2. The largest absolute Gasteiger partial charge is 0.365 e. The molecule has 0 saturated carbocycles. The van der Waals surface area contributed by atoms with Crippen LogP contribution in [0.15, 0.2) is 73.1 Å². The maximum absolute atomic E-state index is 13.3. The Morgan fingerprint density at radius 2 is 1.81 bits per heavy atom. The molecule has 0 radical (unpaired) electrons. The highest BCUT2D eigenvalue weighted by atomic mass is 16.5. The van der Waals surface area contributed by atoms with E-state index < -0.39 is 0 Å². The van der Waals surface area contributed by atoms with Gasteiger partial charge in [0.1, 0.15) is 12.4 Å². The Kier molecular flexibility index (Phi) is 9.46. The Morgan fingerprint density at radius 3 is 2.54 bits per heavy atom. The molecule has 0 aliphatic carbocycles. The van der Waals surface area contributed by atoms with E-state index in [0.717, 1.165) is 17.9 Å². The summed E-state index contributed by atoms with van der Waals surface area (Å²) in [6.45, 7) is 7.78. The van der Waals surface area contributed by atoms with E-state index in [1.807, 2.05) is 72.0 Å². The third-order valence-electron chi connectivity index (χ3n) is 6.78. The summed E-state index contributed by atoms with van der Waals surface area (Å²) in [7, 11) is 0. The molecule has 3 aromatic rings. The summed E-state index contributed by atoms with van der Waals surface area (Å²) in [5.74, 6) is 0.894. The fraction of sp³-hybridized carbons (Fsp3) is 0.414. The van der Waals surface area contributed by atoms with Crippen molar-refractivity contribution in [3.05, 3.63) is 84.3 Å². The highest BCUT2D eigenvalue weighted by molar-refractivity contribution is 5.79. The predicted molar refractivity (Wildman–Crippen MR) is 143 cm³/mol. The Bertz CT molecular complexity index is 1130. The molecule has 1 aliphatic heterocycles. The number of hydrogen-bond acceptors (Lipinski definition) is 5. The van der Waals surface area contributed by atoms with E-state index in [2.05, 4.69) is 28.1 Å². The molecule has 196 valence electrons. The molecule has 1 fully saturated rings. The van der Waals surface area contributed by atoms with Crippen molar-refractivity contribution >= 4 is 11.8 Å². The molecule has 2 amide bonds. The van der Waals surface area contributed by atoms with E-state index in [-0.39, 0.29) is 24.5 Å². The summed E-state index contributed by atoms with van der Waals surface area (Å²) >= 11 is 0. The van der Waals surface area contributed by atoms with Gasteiger partial charge < -0.3 is 19.1 Å². The third kappa shape index (κ3) is 7.27. The van der Waals surface area contributed by atoms with E-state index in [1.165, 1.54) is 5.56 Å². The lowest BCUT2D eigenvalue weighted by Crippen LogP contribution is -2.41. The van der Waals surface area contributed by atoms with Gasteiger partial charge in [-0.1, -0.05) is 36.4 Å². The molecule has 1 aliphatic rings. The van der Waals surface area contributed by atoms with Crippen LogP contribution in [0, 0.1) is 0 Å². The van der Waals surface area contributed by atoms with Crippen molar-refractivity contribution in [1.82, 2.24) is 24.3 Å². The lowest BCUT2D eigenvalue weighted by atomic mass is 10.1. The Morgan fingerprint density at radius 1 is 1.03 bits per heavy atom. The number of pyridine rings is 1. The Hall–Kier alpha value is -3.49. The molecule has 37 heavy (non-hydrogen) atoms. The second kappa shape index (κ2) is 13.2. The quantitative estimate of drug-likeness (QED) is 0.402. The van der Waals surface area contributed by atoms with E-state index in [1.54, 1.807) is 11.1 Å². The van der Waals surface area contributed by atoms with Gasteiger partial charge in [0, 0.05) is 57.4 Å². The number of carbonyl (C=O) groups excluding carboxylic acids is 2. The number of nitrogens with zero attached hydrogens (tertiary/aromatic N) is 5. The molecular formula is C29H37N5O3. The first-order valence-electron chi connectivity index (χ1n) is 13.1. The molecule has 4 rings (SSSR count). The zero-order valence-electron chi connectivity index (χ0n) is 21.8. The van der Waals surface area contributed by atoms with Crippen LogP contribution < -0.4 is 0 Å². The highest BCUT2D eigenvalue weighted by Crippen LogP contribution is 2.16. The number of rotatable bonds is 11. The fourth-order valence-electron chi connectivity index (χ4n) is 4.75. The van der Waals surface area contributed by atoms with Gasteiger partial charge in [-0.05, 0) is 50.1 Å². The minimum Gasteiger partial charge on any atom is -0.365 e. The Labute approximate surface area is 219 Å². The van der Waals surface area contributed by atoms with Crippen LogP contribution in [-0.4, -0.2) is 88.0 Å². The van der Waals surface area contributed by atoms with Gasteiger partial charge in [0.15, 0.2) is 0 Å². The maximum Gasteiger partial charge on any atom is 0.248 e. The normalized spacial score (nSPS) is 16.5. The van der Waals surface area contributed by atoms with Gasteiger partial charge in [0.25, 0.3) is 0 Å². The average molecular weight is 504 g/mol. The van der Waals surface area contributed by atoms with Crippen LogP contribution in [0.3, 0.4) is 0 Å². The van der Waals surface area contributed by atoms with Crippen molar-refractivity contribution in [2.75, 3.05) is 45.9 Å². The van der Waals surface area contributed by atoms with Gasteiger partial charge in [-0.3, -0.25) is 14.5 Å². The van der Waals surface area contributed by atoms with Gasteiger partial charge in [0.2, 0.25) is 11.8 Å². The minimum atomic E-state index is -0.264. The summed E-state index contributed by atoms with van der Waals surface area (Å²) in [5.41, 5.74) is 2.24. The van der Waals surface area contributed by atoms with E-state index in [4.69, 9.17) is 4.74 Å². The average Bonchev–Trinajstić information content (AvgIpc) is 3.32. The monoisotopic (exact) mass is 503 g/mol. The molecule has 0 spiro atoms. The molecule has 0 bridgehead atoms. The molecule has 1 saturated heterocycles. The molecule has 0 N–H and O–H groups in total. The molecule has 8 nitrogen and oxygen atoms in total. The number of hydrogen-bond donors (Lipinski definition) is 0. The smallest absolute Gasteiger partial charge is 0.248 e. The van der Waals surface area contributed by atoms with Gasteiger partial charge in [0.05, 0.1) is 12.6 Å². The van der Waals surface area contributed by atoms with Crippen molar-refractivity contribution in [3.8, 4) is 5.82 Å². The van der Waals surface area contributed by atoms with Crippen LogP contribution in [0.4, 0.5) is 0 Å². The SMILES string of the molecule is CCN(CC)C(=O)COC1CN(Cc2cccn2-c2ccccn2)CC(=O)N(CCc2ccccc2)C1. The number of benzene rings is 1. The molecule has 2 aromatic heterocycles. The molecular weight excluding hydrogens is 466 g/mol. The van der Waals surface area contributed by atoms with Gasteiger partial charge in [-0.2, -0.15) is 0 Å². The van der Waals surface area contributed by atoms with Crippen LogP contribution >= 0.6 is 0 Å². The van der Waals surface area contributed by atoms with Crippen LogP contribution in [-0.2, 0) is 27.3 Å². The minimum absolute atomic E-state index is 0.0191. The lowest BCUT2D eigenvalue weighted by molar-refractivity contribution is -0.138. The van der Waals surface area contributed by atoms with E-state index in [0.29, 0.717) is 45.8 Å². The number of aromatic nitrogens is 2. The predicted octanol–water partition coefficient (Wildman–Crippen LogP) is 3.01. The number of ether oxygens (including phenoxy) is 1. The van der Waals surface area contributed by atoms with Crippen molar-refractivity contribution in [1.29, 1.82) is 0 Å². The van der Waals surface area contributed by atoms with Gasteiger partial charge in [-0.25, -0.2) is 4.98 Å². The number of likely N-dealkylation sites (N-methyl/N-ethyl adjacent to an activating group) is 1. The molecule has 1 aromatic carbocycles. The van der Waals surface area contributed by atoms with E-state index >= 15 is 0 Å². The topological polar surface area (TPSA) is 70.9 Å². The number of amides is 2. The van der Waals surface area contributed by atoms with Crippen LogP contribution in [0.5, 0.6) is 0 Å². The molecule has 1 unspecified atom stereocenters. The summed E-state index contributed by atoms with van der Waals surface area (Å²) in [4.78, 5) is 36.2. The fourth-order valence-corrected chi connectivity index (χ4v) is 4.75. The molecule has 8 heteroatoms.